The molecule has 0 radical (unpaired) electrons. The van der Waals surface area contributed by atoms with E-state index < -0.39 is 6.30 Å². The summed E-state index contributed by atoms with van der Waals surface area (Å²) in [5.41, 5.74) is 0. The SMILES string of the molecule is FC1CN=CCN1. The largest absolute Gasteiger partial charge is 0.292 e. The van der Waals surface area contributed by atoms with E-state index in [1.165, 1.54) is 0 Å². The van der Waals surface area contributed by atoms with Gasteiger partial charge in [-0.25, -0.2) is 4.39 Å². The van der Waals surface area contributed by atoms with Crippen LogP contribution in [0.25, 0.3) is 0 Å². The fourth-order valence-corrected chi connectivity index (χ4v) is 0.477. The molecule has 0 aliphatic carbocycles. The maximum absolute atomic E-state index is 12.0. The average molecular weight is 102 g/mol. The molecule has 40 valence electrons. The summed E-state index contributed by atoms with van der Waals surface area (Å²) in [5, 5.41) is 2.57. The Labute approximate surface area is 41.4 Å². The van der Waals surface area contributed by atoms with Crippen LogP contribution in [-0.2, 0) is 0 Å². The smallest absolute Gasteiger partial charge is 0.171 e. The van der Waals surface area contributed by atoms with Gasteiger partial charge in [0.2, 0.25) is 0 Å². The first-order chi connectivity index (χ1) is 3.39. The molecule has 0 saturated heterocycles. The van der Waals surface area contributed by atoms with E-state index in [1.807, 2.05) is 0 Å². The molecule has 0 fully saturated rings. The van der Waals surface area contributed by atoms with Crippen molar-refractivity contribution in [2.24, 2.45) is 4.99 Å². The van der Waals surface area contributed by atoms with Crippen LogP contribution in [0.4, 0.5) is 4.39 Å². The lowest BCUT2D eigenvalue weighted by molar-refractivity contribution is 0.288. The van der Waals surface area contributed by atoms with Crippen molar-refractivity contribution in [3.63, 3.8) is 0 Å². The number of nitrogens with one attached hydrogen (secondary N) is 1. The predicted octanol–water partition coefficient (Wildman–Crippen LogP) is -0.0440. The Morgan fingerprint density at radius 1 is 1.86 bits per heavy atom. The molecule has 1 atom stereocenters. The van der Waals surface area contributed by atoms with Crippen LogP contribution in [0.1, 0.15) is 0 Å². The molecule has 0 aromatic carbocycles. The molecule has 0 bridgehead atoms. The Bertz CT molecular complexity index is 81.8. The zero-order chi connectivity index (χ0) is 5.11. The van der Waals surface area contributed by atoms with Crippen LogP contribution in [-0.4, -0.2) is 25.6 Å². The fourth-order valence-electron chi connectivity index (χ4n) is 0.477. The summed E-state index contributed by atoms with van der Waals surface area (Å²) >= 11 is 0. The second-order valence-electron chi connectivity index (χ2n) is 1.42. The van der Waals surface area contributed by atoms with Crippen LogP contribution in [0.15, 0.2) is 4.99 Å². The third-order valence-electron chi connectivity index (χ3n) is 0.825. The van der Waals surface area contributed by atoms with E-state index in [2.05, 4.69) is 10.3 Å². The van der Waals surface area contributed by atoms with Gasteiger partial charge >= 0.3 is 0 Å². The lowest BCUT2D eigenvalue weighted by atomic mass is 10.5. The fraction of sp³-hybridized carbons (Fsp3) is 0.750. The van der Waals surface area contributed by atoms with Crippen LogP contribution in [0.2, 0.25) is 0 Å². The first-order valence-corrected chi connectivity index (χ1v) is 2.25. The quantitative estimate of drug-likeness (QED) is 0.426. The van der Waals surface area contributed by atoms with Crippen LogP contribution in [0.3, 0.4) is 0 Å². The number of hydrogen-bond donors (Lipinski definition) is 1. The third-order valence-corrected chi connectivity index (χ3v) is 0.825. The van der Waals surface area contributed by atoms with Gasteiger partial charge in [-0.05, 0) is 0 Å². The minimum absolute atomic E-state index is 0.278. The van der Waals surface area contributed by atoms with Crippen molar-refractivity contribution < 1.29 is 4.39 Å². The molecule has 0 saturated carbocycles. The number of alkyl halides is 1. The van der Waals surface area contributed by atoms with Crippen LogP contribution in [0.5, 0.6) is 0 Å². The molecule has 1 unspecified atom stereocenters. The van der Waals surface area contributed by atoms with Gasteiger partial charge in [-0.2, -0.15) is 0 Å². The van der Waals surface area contributed by atoms with Crippen molar-refractivity contribution in [2.45, 2.75) is 6.30 Å². The van der Waals surface area contributed by atoms with Crippen molar-refractivity contribution in [2.75, 3.05) is 13.1 Å². The average Bonchev–Trinajstić information content (AvgIpc) is 1.69. The summed E-state index contributed by atoms with van der Waals surface area (Å²) in [6.45, 7) is 0.848. The lowest BCUT2D eigenvalue weighted by Gasteiger charge is -2.08. The molecule has 0 spiro atoms. The van der Waals surface area contributed by atoms with E-state index in [9.17, 15) is 4.39 Å². The molecular weight excluding hydrogens is 95.1 g/mol. The number of rotatable bonds is 0. The first-order valence-electron chi connectivity index (χ1n) is 2.25. The van der Waals surface area contributed by atoms with Gasteiger partial charge in [-0.1, -0.05) is 0 Å². The summed E-state index contributed by atoms with van der Waals surface area (Å²) in [7, 11) is 0. The third kappa shape index (κ3) is 1.23. The first kappa shape index (κ1) is 4.71. The van der Waals surface area contributed by atoms with Crippen LogP contribution < -0.4 is 5.32 Å². The minimum atomic E-state index is -0.912. The molecule has 0 amide bonds. The Morgan fingerprint density at radius 3 is 3.00 bits per heavy atom. The summed E-state index contributed by atoms with van der Waals surface area (Å²) in [5.74, 6) is 0. The molecule has 1 heterocycles. The van der Waals surface area contributed by atoms with Crippen molar-refractivity contribution in [1.82, 2.24) is 5.32 Å². The number of hydrogen-bond acceptors (Lipinski definition) is 2. The summed E-state index contributed by atoms with van der Waals surface area (Å²) in [6.07, 6.45) is 0.765. The monoisotopic (exact) mass is 102 g/mol. The van der Waals surface area contributed by atoms with Gasteiger partial charge in [0.1, 0.15) is 0 Å². The van der Waals surface area contributed by atoms with E-state index in [1.54, 1.807) is 6.21 Å². The lowest BCUT2D eigenvalue weighted by Crippen LogP contribution is -2.32. The predicted molar refractivity (Wildman–Crippen MR) is 26.3 cm³/mol. The summed E-state index contributed by atoms with van der Waals surface area (Å²) in [4.78, 5) is 3.70. The van der Waals surface area contributed by atoms with Gasteiger partial charge in [0.25, 0.3) is 0 Å². The van der Waals surface area contributed by atoms with Gasteiger partial charge in [-0.3, -0.25) is 10.3 Å². The Balaban J connectivity index is 2.32. The Morgan fingerprint density at radius 2 is 2.71 bits per heavy atom. The molecule has 1 aliphatic heterocycles. The normalized spacial score (nSPS) is 30.7. The van der Waals surface area contributed by atoms with E-state index in [4.69, 9.17) is 0 Å². The van der Waals surface area contributed by atoms with E-state index >= 15 is 0 Å². The van der Waals surface area contributed by atoms with E-state index in [-0.39, 0.29) is 6.54 Å². The highest BCUT2D eigenvalue weighted by Crippen LogP contribution is 1.87. The molecule has 0 aromatic heterocycles. The summed E-state index contributed by atoms with van der Waals surface area (Å²) in [6, 6.07) is 0. The Kier molecular flexibility index (Phi) is 1.36. The molecule has 1 rings (SSSR count). The zero-order valence-corrected chi connectivity index (χ0v) is 3.89. The van der Waals surface area contributed by atoms with Crippen molar-refractivity contribution in [3.05, 3.63) is 0 Å². The number of halogens is 1. The molecular formula is C4H7FN2. The number of aliphatic imine (C=N–C) groups is 1. The van der Waals surface area contributed by atoms with Gasteiger partial charge in [0, 0.05) is 12.8 Å². The second-order valence-corrected chi connectivity index (χ2v) is 1.42. The van der Waals surface area contributed by atoms with Gasteiger partial charge in [0.15, 0.2) is 6.30 Å². The molecule has 1 aliphatic rings. The van der Waals surface area contributed by atoms with Crippen LogP contribution >= 0.6 is 0 Å². The maximum atomic E-state index is 12.0. The second kappa shape index (κ2) is 2.02. The zero-order valence-electron chi connectivity index (χ0n) is 3.89. The van der Waals surface area contributed by atoms with Crippen molar-refractivity contribution in [1.29, 1.82) is 0 Å². The van der Waals surface area contributed by atoms with Gasteiger partial charge in [0.05, 0.1) is 6.54 Å². The molecule has 0 aromatic rings. The molecule has 2 nitrogen and oxygen atoms in total. The standard InChI is InChI=1S/C4H7FN2/c5-4-3-6-1-2-7-4/h1,4,7H,2-3H2. The summed E-state index contributed by atoms with van der Waals surface area (Å²) < 4.78 is 12.0. The van der Waals surface area contributed by atoms with Crippen molar-refractivity contribution in [3.8, 4) is 0 Å². The highest BCUT2D eigenvalue weighted by Gasteiger charge is 2.03. The molecule has 7 heavy (non-hydrogen) atoms. The maximum Gasteiger partial charge on any atom is 0.171 e. The molecule has 1 N–H and O–H groups in total. The number of nitrogens with zero attached hydrogens (tertiary/aromatic N) is 1. The minimum Gasteiger partial charge on any atom is -0.292 e. The Hall–Kier alpha value is -0.440. The van der Waals surface area contributed by atoms with E-state index in [0.717, 1.165) is 0 Å². The molecule has 3 heteroatoms. The highest BCUT2D eigenvalue weighted by atomic mass is 19.1. The van der Waals surface area contributed by atoms with E-state index in [0.29, 0.717) is 6.54 Å². The van der Waals surface area contributed by atoms with Gasteiger partial charge < -0.3 is 0 Å². The topological polar surface area (TPSA) is 24.4 Å². The van der Waals surface area contributed by atoms with Gasteiger partial charge in [-0.15, -0.1) is 0 Å². The highest BCUT2D eigenvalue weighted by molar-refractivity contribution is 5.60. The van der Waals surface area contributed by atoms with Crippen molar-refractivity contribution >= 4 is 6.21 Å². The van der Waals surface area contributed by atoms with Crippen LogP contribution in [0, 0.1) is 0 Å².